The number of para-hydroxylation sites is 1. The zero-order valence-corrected chi connectivity index (χ0v) is 16.2. The topological polar surface area (TPSA) is 68.5 Å². The van der Waals surface area contributed by atoms with Gasteiger partial charge in [-0.1, -0.05) is 47.1 Å². The van der Waals surface area contributed by atoms with Crippen LogP contribution in [0.5, 0.6) is 5.75 Å². The van der Waals surface area contributed by atoms with Crippen LogP contribution in [0.25, 0.3) is 0 Å². The lowest BCUT2D eigenvalue weighted by molar-refractivity contribution is -0.135. The first-order valence-electron chi connectivity index (χ1n) is 9.09. The summed E-state index contributed by atoms with van der Waals surface area (Å²) in [6.45, 7) is 1.20. The molecular weight excluding hydrogens is 378 g/mol. The number of aromatic nitrogens is 2. The highest BCUT2D eigenvalue weighted by atomic mass is 35.5. The Hall–Kier alpha value is -2.86. The van der Waals surface area contributed by atoms with E-state index in [1.165, 1.54) is 0 Å². The number of benzene rings is 2. The zero-order valence-electron chi connectivity index (χ0n) is 15.5. The van der Waals surface area contributed by atoms with Crippen LogP contribution in [0.1, 0.15) is 28.8 Å². The fourth-order valence-electron chi connectivity index (χ4n) is 3.25. The van der Waals surface area contributed by atoms with Crippen LogP contribution in [0.2, 0.25) is 5.02 Å². The van der Waals surface area contributed by atoms with Gasteiger partial charge in [0.2, 0.25) is 11.8 Å². The van der Waals surface area contributed by atoms with Crippen molar-refractivity contribution in [2.75, 3.05) is 20.2 Å². The highest BCUT2D eigenvalue weighted by molar-refractivity contribution is 6.30. The van der Waals surface area contributed by atoms with Gasteiger partial charge in [-0.05, 0) is 23.8 Å². The van der Waals surface area contributed by atoms with Gasteiger partial charge in [-0.3, -0.25) is 4.79 Å². The van der Waals surface area contributed by atoms with Gasteiger partial charge in [0.05, 0.1) is 19.4 Å². The van der Waals surface area contributed by atoms with Gasteiger partial charge in [-0.15, -0.1) is 0 Å². The lowest BCUT2D eigenvalue weighted by Crippen LogP contribution is -2.49. The molecule has 1 saturated heterocycles. The van der Waals surface area contributed by atoms with Gasteiger partial charge in [-0.25, -0.2) is 0 Å². The second-order valence-corrected chi connectivity index (χ2v) is 7.27. The molecule has 0 radical (unpaired) electrons. The van der Waals surface area contributed by atoms with Crippen molar-refractivity contribution in [2.45, 2.75) is 18.8 Å². The largest absolute Gasteiger partial charge is 0.496 e. The molecule has 1 amide bonds. The van der Waals surface area contributed by atoms with E-state index in [0.717, 1.165) is 16.9 Å². The number of hydrogen-bond donors (Lipinski definition) is 0. The van der Waals surface area contributed by atoms with Crippen molar-refractivity contribution in [2.24, 2.45) is 0 Å². The van der Waals surface area contributed by atoms with Gasteiger partial charge >= 0.3 is 0 Å². The molecule has 3 aromatic rings. The van der Waals surface area contributed by atoms with E-state index in [1.807, 2.05) is 41.3 Å². The fourth-order valence-corrected chi connectivity index (χ4v) is 3.38. The van der Waals surface area contributed by atoms with E-state index in [9.17, 15) is 4.79 Å². The number of carbonyl (C=O) groups is 1. The lowest BCUT2D eigenvalue weighted by Gasteiger charge is -2.37. The highest BCUT2D eigenvalue weighted by Gasteiger charge is 2.35. The summed E-state index contributed by atoms with van der Waals surface area (Å²) in [7, 11) is 1.64. The first-order valence-corrected chi connectivity index (χ1v) is 9.47. The summed E-state index contributed by atoms with van der Waals surface area (Å²) >= 11 is 5.88. The maximum absolute atomic E-state index is 12.4. The Morgan fingerprint density at radius 2 is 1.96 bits per heavy atom. The number of ether oxygens (including phenoxy) is 1. The van der Waals surface area contributed by atoms with Crippen molar-refractivity contribution in [1.82, 2.24) is 15.0 Å². The van der Waals surface area contributed by atoms with Crippen LogP contribution < -0.4 is 4.74 Å². The van der Waals surface area contributed by atoms with Crippen LogP contribution in [0.15, 0.2) is 53.1 Å². The first-order chi connectivity index (χ1) is 13.6. The van der Waals surface area contributed by atoms with E-state index in [4.69, 9.17) is 20.9 Å². The second-order valence-electron chi connectivity index (χ2n) is 6.84. The maximum atomic E-state index is 12.4. The Balaban J connectivity index is 1.32. The zero-order chi connectivity index (χ0) is 19.5. The van der Waals surface area contributed by atoms with Crippen molar-refractivity contribution in [3.63, 3.8) is 0 Å². The minimum absolute atomic E-state index is 0.0901. The minimum Gasteiger partial charge on any atom is -0.496 e. The number of methoxy groups -OCH3 is 1. The summed E-state index contributed by atoms with van der Waals surface area (Å²) in [6, 6.07) is 15.1. The minimum atomic E-state index is 0.0901. The van der Waals surface area contributed by atoms with Crippen molar-refractivity contribution >= 4 is 17.5 Å². The summed E-state index contributed by atoms with van der Waals surface area (Å²) < 4.78 is 10.8. The summed E-state index contributed by atoms with van der Waals surface area (Å²) in [5, 5.41) is 4.75. The Labute approximate surface area is 168 Å². The summed E-state index contributed by atoms with van der Waals surface area (Å²) in [4.78, 5) is 18.7. The molecular formula is C21H20ClN3O3. The molecule has 1 aromatic heterocycles. The van der Waals surface area contributed by atoms with Gasteiger partial charge in [0.1, 0.15) is 5.75 Å². The molecule has 28 heavy (non-hydrogen) atoms. The Kier molecular flexibility index (Phi) is 5.30. The van der Waals surface area contributed by atoms with E-state index in [-0.39, 0.29) is 11.8 Å². The molecule has 1 aliphatic heterocycles. The van der Waals surface area contributed by atoms with Crippen molar-refractivity contribution in [3.05, 3.63) is 76.4 Å². The van der Waals surface area contributed by atoms with Crippen LogP contribution >= 0.6 is 11.6 Å². The van der Waals surface area contributed by atoms with Crippen LogP contribution in [0, 0.1) is 0 Å². The Morgan fingerprint density at radius 1 is 1.21 bits per heavy atom. The third kappa shape index (κ3) is 4.02. The smallest absolute Gasteiger partial charge is 0.233 e. The molecule has 1 aliphatic rings. The monoisotopic (exact) mass is 397 g/mol. The molecule has 0 atom stereocenters. The summed E-state index contributed by atoms with van der Waals surface area (Å²) in [6.07, 6.45) is 0.909. The average Bonchev–Trinajstić information content (AvgIpc) is 3.11. The lowest BCUT2D eigenvalue weighted by atomic mass is 9.99. The van der Waals surface area contributed by atoms with Gasteiger partial charge in [-0.2, -0.15) is 4.98 Å². The molecule has 0 saturated carbocycles. The molecule has 0 aliphatic carbocycles. The van der Waals surface area contributed by atoms with Crippen LogP contribution in [0.4, 0.5) is 0 Å². The first kappa shape index (κ1) is 18.5. The third-order valence-electron chi connectivity index (χ3n) is 4.88. The molecule has 0 spiro atoms. The predicted molar refractivity (Wildman–Crippen MR) is 105 cm³/mol. The number of rotatable bonds is 6. The van der Waals surface area contributed by atoms with E-state index in [0.29, 0.717) is 42.7 Å². The fraction of sp³-hybridized carbons (Fsp3) is 0.286. The molecule has 0 unspecified atom stereocenters. The number of carbonyl (C=O) groups excluding carboxylic acids is 1. The molecule has 6 nitrogen and oxygen atoms in total. The van der Waals surface area contributed by atoms with Crippen LogP contribution in [-0.2, 0) is 17.6 Å². The van der Waals surface area contributed by atoms with E-state index >= 15 is 0 Å². The van der Waals surface area contributed by atoms with Crippen molar-refractivity contribution in [3.8, 4) is 5.75 Å². The summed E-state index contributed by atoms with van der Waals surface area (Å²) in [5.74, 6) is 2.18. The maximum Gasteiger partial charge on any atom is 0.233 e. The highest BCUT2D eigenvalue weighted by Crippen LogP contribution is 2.27. The normalized spacial score (nSPS) is 14.0. The molecule has 2 aromatic carbocycles. The average molecular weight is 398 g/mol. The van der Waals surface area contributed by atoms with Crippen LogP contribution in [0.3, 0.4) is 0 Å². The standard InChI is InChI=1S/C21H20ClN3O3/c1-27-18-5-3-2-4-15(18)11-19-23-21(28-24-19)16-12-25(13-16)20(26)10-14-6-8-17(22)9-7-14/h2-9,16H,10-13H2,1H3. The van der Waals surface area contributed by atoms with Gasteiger partial charge in [0.15, 0.2) is 5.82 Å². The molecule has 144 valence electrons. The molecule has 2 heterocycles. The molecule has 1 fully saturated rings. The Morgan fingerprint density at radius 3 is 2.71 bits per heavy atom. The Bertz CT molecular complexity index is 965. The van der Waals surface area contributed by atoms with Crippen molar-refractivity contribution < 1.29 is 14.1 Å². The molecule has 0 bridgehead atoms. The van der Waals surface area contributed by atoms with E-state index in [2.05, 4.69) is 10.1 Å². The second kappa shape index (κ2) is 8.02. The van der Waals surface area contributed by atoms with Crippen LogP contribution in [-0.4, -0.2) is 41.1 Å². The van der Waals surface area contributed by atoms with Gasteiger partial charge < -0.3 is 14.2 Å². The number of hydrogen-bond acceptors (Lipinski definition) is 5. The quantitative estimate of drug-likeness (QED) is 0.636. The summed E-state index contributed by atoms with van der Waals surface area (Å²) in [5.41, 5.74) is 1.96. The molecule has 7 heteroatoms. The number of likely N-dealkylation sites (tertiary alicyclic amines) is 1. The van der Waals surface area contributed by atoms with Crippen molar-refractivity contribution in [1.29, 1.82) is 0 Å². The van der Waals surface area contributed by atoms with Gasteiger partial charge in [0.25, 0.3) is 0 Å². The van der Waals surface area contributed by atoms with Gasteiger partial charge in [0, 0.05) is 30.1 Å². The number of nitrogens with zero attached hydrogens (tertiary/aromatic N) is 3. The van der Waals surface area contributed by atoms with E-state index < -0.39 is 0 Å². The number of halogens is 1. The van der Waals surface area contributed by atoms with E-state index in [1.54, 1.807) is 19.2 Å². The number of amides is 1. The SMILES string of the molecule is COc1ccccc1Cc1noc(C2CN(C(=O)Cc3ccc(Cl)cc3)C2)n1. The predicted octanol–water partition coefficient (Wildman–Crippen LogP) is 3.49. The third-order valence-corrected chi connectivity index (χ3v) is 5.13. The molecule has 0 N–H and O–H groups in total. The molecule has 4 rings (SSSR count).